The molecule has 4 unspecified atom stereocenters. The molecule has 0 heterocycles. The van der Waals surface area contributed by atoms with E-state index in [1.807, 2.05) is 0 Å². The highest BCUT2D eigenvalue weighted by atomic mass is 19.1. The van der Waals surface area contributed by atoms with Gasteiger partial charge in [0.15, 0.2) is 0 Å². The Morgan fingerprint density at radius 2 is 1.70 bits per heavy atom. The minimum absolute atomic E-state index is 0.246. The number of benzene rings is 1. The highest BCUT2D eigenvalue weighted by Crippen LogP contribution is 2.48. The van der Waals surface area contributed by atoms with E-state index in [4.69, 9.17) is 5.26 Å². The van der Waals surface area contributed by atoms with Crippen LogP contribution in [0.1, 0.15) is 75.3 Å². The number of nitrogens with zero attached hydrogens (tertiary/aromatic N) is 1. The van der Waals surface area contributed by atoms with Crippen molar-refractivity contribution in [1.82, 2.24) is 0 Å². The van der Waals surface area contributed by atoms with Gasteiger partial charge in [0.05, 0.1) is 0 Å². The summed E-state index contributed by atoms with van der Waals surface area (Å²) in [5.41, 5.74) is 0.288. The van der Waals surface area contributed by atoms with Gasteiger partial charge in [-0.1, -0.05) is 26.2 Å². The zero-order chi connectivity index (χ0) is 16.4. The van der Waals surface area contributed by atoms with Gasteiger partial charge in [0.2, 0.25) is 0 Å². The molecule has 1 aromatic rings. The van der Waals surface area contributed by atoms with E-state index in [0.29, 0.717) is 5.92 Å². The summed E-state index contributed by atoms with van der Waals surface area (Å²) >= 11 is 0. The first-order valence-electron chi connectivity index (χ1n) is 9.01. The monoisotopic (exact) mass is 317 g/mol. The normalized spacial score (nSPS) is 30.5. The third-order valence-electron chi connectivity index (χ3n) is 6.07. The molecule has 4 atom stereocenters. The van der Waals surface area contributed by atoms with Gasteiger partial charge in [0, 0.05) is 0 Å². The SMILES string of the molecule is CCCC1CCC2CC(c3cc(F)c(C#N)c(F)c3)CCC2C1. The van der Waals surface area contributed by atoms with Crippen LogP contribution in [0.3, 0.4) is 0 Å². The lowest BCUT2D eigenvalue weighted by atomic mass is 9.63. The van der Waals surface area contributed by atoms with Gasteiger partial charge in [-0.2, -0.15) is 5.26 Å². The Kier molecular flexibility index (Phi) is 4.99. The Morgan fingerprint density at radius 1 is 1.04 bits per heavy atom. The van der Waals surface area contributed by atoms with Crippen LogP contribution in [0.25, 0.3) is 0 Å². The maximum atomic E-state index is 13.9. The largest absolute Gasteiger partial charge is 0.205 e. The molecule has 0 saturated heterocycles. The molecule has 2 aliphatic carbocycles. The highest BCUT2D eigenvalue weighted by molar-refractivity contribution is 5.36. The zero-order valence-electron chi connectivity index (χ0n) is 13.8. The molecule has 0 amide bonds. The van der Waals surface area contributed by atoms with E-state index in [1.54, 1.807) is 6.07 Å². The van der Waals surface area contributed by atoms with Crippen molar-refractivity contribution in [3.8, 4) is 6.07 Å². The average molecular weight is 317 g/mol. The molecular formula is C20H25F2N. The van der Waals surface area contributed by atoms with Crippen molar-refractivity contribution in [3.63, 3.8) is 0 Å². The summed E-state index contributed by atoms with van der Waals surface area (Å²) in [6.45, 7) is 2.26. The van der Waals surface area contributed by atoms with Gasteiger partial charge in [-0.15, -0.1) is 0 Å². The molecule has 0 radical (unpaired) electrons. The summed E-state index contributed by atoms with van der Waals surface area (Å²) in [4.78, 5) is 0. The Hall–Kier alpha value is -1.43. The molecule has 3 rings (SSSR count). The van der Waals surface area contributed by atoms with E-state index in [-0.39, 0.29) is 5.92 Å². The van der Waals surface area contributed by atoms with Crippen LogP contribution in [0.2, 0.25) is 0 Å². The van der Waals surface area contributed by atoms with Crippen LogP contribution in [-0.2, 0) is 0 Å². The predicted octanol–water partition coefficient (Wildman–Crippen LogP) is 5.94. The molecule has 23 heavy (non-hydrogen) atoms. The summed E-state index contributed by atoms with van der Waals surface area (Å²) in [6, 6.07) is 4.37. The molecule has 124 valence electrons. The molecule has 1 aromatic carbocycles. The molecule has 2 saturated carbocycles. The number of hydrogen-bond acceptors (Lipinski definition) is 1. The summed E-state index contributed by atoms with van der Waals surface area (Å²) in [5.74, 6) is 1.24. The lowest BCUT2D eigenvalue weighted by Crippen LogP contribution is -2.30. The second-order valence-corrected chi connectivity index (χ2v) is 7.47. The minimum Gasteiger partial charge on any atom is -0.205 e. The van der Waals surface area contributed by atoms with Gasteiger partial charge in [-0.25, -0.2) is 8.78 Å². The molecule has 0 spiro atoms. The standard InChI is InChI=1S/C20H25F2N/c1-2-3-13-4-5-15-9-16(7-6-14(15)8-13)17-10-19(21)18(12-23)20(22)11-17/h10-11,13-16H,2-9H2,1H3. The van der Waals surface area contributed by atoms with Crippen LogP contribution >= 0.6 is 0 Å². The fourth-order valence-electron chi connectivity index (χ4n) is 4.89. The minimum atomic E-state index is -0.712. The van der Waals surface area contributed by atoms with Gasteiger partial charge in [0.1, 0.15) is 23.3 Å². The number of halogens is 2. The third-order valence-corrected chi connectivity index (χ3v) is 6.07. The quantitative estimate of drug-likeness (QED) is 0.677. The van der Waals surface area contributed by atoms with Crippen molar-refractivity contribution < 1.29 is 8.78 Å². The Morgan fingerprint density at radius 3 is 2.35 bits per heavy atom. The average Bonchev–Trinajstić information content (AvgIpc) is 2.54. The molecule has 0 N–H and O–H groups in total. The van der Waals surface area contributed by atoms with Crippen LogP contribution in [0.5, 0.6) is 0 Å². The zero-order valence-corrected chi connectivity index (χ0v) is 13.8. The summed E-state index contributed by atoms with van der Waals surface area (Å²) in [7, 11) is 0. The lowest BCUT2D eigenvalue weighted by Gasteiger charge is -2.42. The fourth-order valence-corrected chi connectivity index (χ4v) is 4.89. The summed E-state index contributed by atoms with van der Waals surface area (Å²) < 4.78 is 27.7. The first kappa shape index (κ1) is 16.4. The summed E-state index contributed by atoms with van der Waals surface area (Å²) in [5, 5.41) is 8.79. The van der Waals surface area contributed by atoms with E-state index in [0.717, 1.165) is 30.2 Å². The topological polar surface area (TPSA) is 23.8 Å². The molecule has 0 aliphatic heterocycles. The van der Waals surface area contributed by atoms with Crippen LogP contribution in [0, 0.1) is 40.7 Å². The van der Waals surface area contributed by atoms with E-state index < -0.39 is 17.2 Å². The van der Waals surface area contributed by atoms with Gasteiger partial charge < -0.3 is 0 Å². The first-order valence-corrected chi connectivity index (χ1v) is 9.01. The fraction of sp³-hybridized carbons (Fsp3) is 0.650. The van der Waals surface area contributed by atoms with Crippen molar-refractivity contribution in [1.29, 1.82) is 5.26 Å². The molecule has 0 aromatic heterocycles. The van der Waals surface area contributed by atoms with Crippen molar-refractivity contribution in [3.05, 3.63) is 34.9 Å². The van der Waals surface area contributed by atoms with Gasteiger partial charge >= 0.3 is 0 Å². The van der Waals surface area contributed by atoms with Crippen molar-refractivity contribution in [2.75, 3.05) is 0 Å². The molecule has 1 nitrogen and oxygen atoms in total. The van der Waals surface area contributed by atoms with Crippen LogP contribution in [0.4, 0.5) is 8.78 Å². The smallest absolute Gasteiger partial charge is 0.144 e. The van der Waals surface area contributed by atoms with Gasteiger partial charge in [-0.05, 0) is 73.5 Å². The molecule has 3 heteroatoms. The number of nitriles is 1. The second kappa shape index (κ2) is 6.99. The van der Waals surface area contributed by atoms with Gasteiger partial charge in [0.25, 0.3) is 0 Å². The van der Waals surface area contributed by atoms with E-state index in [9.17, 15) is 8.78 Å². The third kappa shape index (κ3) is 3.42. The van der Waals surface area contributed by atoms with Crippen molar-refractivity contribution in [2.45, 2.75) is 64.2 Å². The van der Waals surface area contributed by atoms with Crippen molar-refractivity contribution in [2.24, 2.45) is 17.8 Å². The van der Waals surface area contributed by atoms with E-state index >= 15 is 0 Å². The molecular weight excluding hydrogens is 292 g/mol. The van der Waals surface area contributed by atoms with Crippen LogP contribution in [0.15, 0.2) is 12.1 Å². The lowest BCUT2D eigenvalue weighted by molar-refractivity contribution is 0.114. The maximum absolute atomic E-state index is 13.9. The van der Waals surface area contributed by atoms with Crippen molar-refractivity contribution >= 4 is 0 Å². The maximum Gasteiger partial charge on any atom is 0.144 e. The van der Waals surface area contributed by atoms with E-state index in [1.165, 1.54) is 50.7 Å². The van der Waals surface area contributed by atoms with Crippen LogP contribution < -0.4 is 0 Å². The molecule has 2 aliphatic rings. The second-order valence-electron chi connectivity index (χ2n) is 7.47. The van der Waals surface area contributed by atoms with Crippen LogP contribution in [-0.4, -0.2) is 0 Å². The predicted molar refractivity (Wildman–Crippen MR) is 86.9 cm³/mol. The number of fused-ring (bicyclic) bond motifs is 1. The Labute approximate surface area is 137 Å². The summed E-state index contributed by atoms with van der Waals surface area (Å²) in [6.07, 6.45) is 9.80. The highest BCUT2D eigenvalue weighted by Gasteiger charge is 2.36. The van der Waals surface area contributed by atoms with Gasteiger partial charge in [-0.3, -0.25) is 0 Å². The first-order chi connectivity index (χ1) is 11.1. The number of rotatable bonds is 3. The molecule has 0 bridgehead atoms. The molecule has 2 fully saturated rings. The van der Waals surface area contributed by atoms with E-state index in [2.05, 4.69) is 6.92 Å². The number of hydrogen-bond donors (Lipinski definition) is 0. The Bertz CT molecular complexity index is 581. The Balaban J connectivity index is 1.70.